The van der Waals surface area contributed by atoms with Gasteiger partial charge in [0.15, 0.2) is 5.76 Å². The molecule has 0 aliphatic carbocycles. The summed E-state index contributed by atoms with van der Waals surface area (Å²) in [5.41, 5.74) is 0.179. The molecule has 0 saturated carbocycles. The summed E-state index contributed by atoms with van der Waals surface area (Å²) in [5, 5.41) is 2.61. The number of carbonyl (C=O) groups is 2. The normalized spacial score (nSPS) is 15.1. The number of likely N-dealkylation sites (tertiary alicyclic amines) is 1. The third kappa shape index (κ3) is 3.11. The lowest BCUT2D eigenvalue weighted by atomic mass is 10.3. The molecule has 0 radical (unpaired) electrons. The Kier molecular flexibility index (Phi) is 4.09. The largest absolute Gasteiger partial charge is 0.465 e. The summed E-state index contributed by atoms with van der Waals surface area (Å²) in [5.74, 6) is -0.0222. The van der Waals surface area contributed by atoms with Crippen LogP contribution in [0.3, 0.4) is 0 Å². The van der Waals surface area contributed by atoms with Crippen molar-refractivity contribution in [1.82, 2.24) is 10.2 Å². The quantitative estimate of drug-likeness (QED) is 0.879. The smallest absolute Gasteiger partial charge is 0.291 e. The molecule has 6 heteroatoms. The van der Waals surface area contributed by atoms with Gasteiger partial charge in [-0.3, -0.25) is 9.59 Å². The van der Waals surface area contributed by atoms with E-state index in [1.807, 2.05) is 0 Å². The molecule has 0 atom stereocenters. The third-order valence-electron chi connectivity index (χ3n) is 3.45. The fourth-order valence-electron chi connectivity index (χ4n) is 2.35. The van der Waals surface area contributed by atoms with Crippen molar-refractivity contribution in [3.63, 3.8) is 0 Å². The van der Waals surface area contributed by atoms with Crippen LogP contribution in [-0.2, 0) is 4.79 Å². The standard InChI is InChI=1S/C16H16N2O4/c19-15(14-6-4-10-22-14)17-13(11-12-5-3-9-21-12)16(20)18-7-1-2-8-18/h3-6,9-11H,1-2,7-8H2,(H,17,19). The zero-order valence-corrected chi connectivity index (χ0v) is 12.0. The van der Waals surface area contributed by atoms with Gasteiger partial charge < -0.3 is 19.1 Å². The van der Waals surface area contributed by atoms with Crippen molar-refractivity contribution < 1.29 is 18.4 Å². The summed E-state index contributed by atoms with van der Waals surface area (Å²) in [6, 6.07) is 6.60. The maximum Gasteiger partial charge on any atom is 0.291 e. The van der Waals surface area contributed by atoms with Crippen molar-refractivity contribution in [3.8, 4) is 0 Å². The second-order valence-corrected chi connectivity index (χ2v) is 5.00. The molecule has 2 aromatic heterocycles. The van der Waals surface area contributed by atoms with Gasteiger partial charge in [-0.05, 0) is 37.1 Å². The molecule has 6 nitrogen and oxygen atoms in total. The molecule has 2 aromatic rings. The zero-order valence-electron chi connectivity index (χ0n) is 12.0. The molecule has 1 N–H and O–H groups in total. The lowest BCUT2D eigenvalue weighted by molar-refractivity contribution is -0.126. The van der Waals surface area contributed by atoms with Crippen molar-refractivity contribution in [2.24, 2.45) is 0 Å². The summed E-state index contributed by atoms with van der Waals surface area (Å²) in [6.45, 7) is 1.40. The van der Waals surface area contributed by atoms with Crippen molar-refractivity contribution in [2.75, 3.05) is 13.1 Å². The monoisotopic (exact) mass is 300 g/mol. The first-order valence-corrected chi connectivity index (χ1v) is 7.13. The van der Waals surface area contributed by atoms with Crippen LogP contribution in [0.1, 0.15) is 29.2 Å². The number of nitrogens with one attached hydrogen (secondary N) is 1. The Hall–Kier alpha value is -2.76. The Morgan fingerprint density at radius 3 is 2.45 bits per heavy atom. The van der Waals surface area contributed by atoms with Crippen LogP contribution in [0.25, 0.3) is 6.08 Å². The maximum atomic E-state index is 12.5. The van der Waals surface area contributed by atoms with Crippen LogP contribution < -0.4 is 5.32 Å². The van der Waals surface area contributed by atoms with Gasteiger partial charge in [-0.25, -0.2) is 0 Å². The molecule has 3 rings (SSSR count). The lowest BCUT2D eigenvalue weighted by Crippen LogP contribution is -2.36. The highest BCUT2D eigenvalue weighted by molar-refractivity contribution is 6.04. The van der Waals surface area contributed by atoms with Crippen LogP contribution in [0, 0.1) is 0 Å². The second kappa shape index (κ2) is 6.34. The molecule has 0 bridgehead atoms. The molecule has 0 aromatic carbocycles. The highest BCUT2D eigenvalue weighted by Crippen LogP contribution is 2.14. The lowest BCUT2D eigenvalue weighted by Gasteiger charge is -2.17. The van der Waals surface area contributed by atoms with E-state index >= 15 is 0 Å². The van der Waals surface area contributed by atoms with Crippen molar-refractivity contribution in [1.29, 1.82) is 0 Å². The average Bonchev–Trinajstić information content (AvgIpc) is 3.26. The summed E-state index contributed by atoms with van der Waals surface area (Å²) in [7, 11) is 0. The first kappa shape index (κ1) is 14.2. The molecule has 0 spiro atoms. The maximum absolute atomic E-state index is 12.5. The molecule has 2 amide bonds. The van der Waals surface area contributed by atoms with E-state index < -0.39 is 5.91 Å². The molecule has 0 unspecified atom stereocenters. The van der Waals surface area contributed by atoms with Crippen molar-refractivity contribution in [2.45, 2.75) is 12.8 Å². The van der Waals surface area contributed by atoms with Gasteiger partial charge in [0.1, 0.15) is 11.5 Å². The van der Waals surface area contributed by atoms with E-state index in [2.05, 4.69) is 5.32 Å². The van der Waals surface area contributed by atoms with Crippen molar-refractivity contribution in [3.05, 3.63) is 54.0 Å². The second-order valence-electron chi connectivity index (χ2n) is 5.00. The summed E-state index contributed by atoms with van der Waals surface area (Å²) in [4.78, 5) is 26.4. The summed E-state index contributed by atoms with van der Waals surface area (Å²) < 4.78 is 10.3. The topological polar surface area (TPSA) is 75.7 Å². The van der Waals surface area contributed by atoms with E-state index in [4.69, 9.17) is 8.83 Å². The fraction of sp³-hybridized carbons (Fsp3) is 0.250. The van der Waals surface area contributed by atoms with E-state index in [1.165, 1.54) is 18.6 Å². The number of hydrogen-bond acceptors (Lipinski definition) is 4. The van der Waals surface area contributed by atoms with Crippen molar-refractivity contribution >= 4 is 17.9 Å². The van der Waals surface area contributed by atoms with Gasteiger partial charge in [-0.1, -0.05) is 0 Å². The summed E-state index contributed by atoms with van der Waals surface area (Å²) >= 11 is 0. The summed E-state index contributed by atoms with van der Waals surface area (Å²) in [6.07, 6.45) is 6.41. The minimum absolute atomic E-state index is 0.152. The Morgan fingerprint density at radius 2 is 1.82 bits per heavy atom. The number of hydrogen-bond donors (Lipinski definition) is 1. The van der Waals surface area contributed by atoms with Gasteiger partial charge in [0, 0.05) is 19.2 Å². The highest BCUT2D eigenvalue weighted by atomic mass is 16.3. The van der Waals surface area contributed by atoms with Gasteiger partial charge in [-0.15, -0.1) is 0 Å². The Bertz CT molecular complexity index is 665. The average molecular weight is 300 g/mol. The predicted molar refractivity (Wildman–Crippen MR) is 78.7 cm³/mol. The van der Waals surface area contributed by atoms with Crippen LogP contribution in [-0.4, -0.2) is 29.8 Å². The SMILES string of the molecule is O=C(NC(=Cc1ccco1)C(=O)N1CCCC1)c1ccco1. The number of furan rings is 2. The van der Waals surface area contributed by atoms with E-state index in [0.717, 1.165) is 12.8 Å². The minimum Gasteiger partial charge on any atom is -0.465 e. The minimum atomic E-state index is -0.463. The van der Waals surface area contributed by atoms with Gasteiger partial charge >= 0.3 is 0 Å². The van der Waals surface area contributed by atoms with E-state index in [1.54, 1.807) is 29.2 Å². The van der Waals surface area contributed by atoms with Gasteiger partial charge in [0.05, 0.1) is 12.5 Å². The molecule has 1 aliphatic heterocycles. The number of amides is 2. The van der Waals surface area contributed by atoms with E-state index in [0.29, 0.717) is 18.8 Å². The molecule has 1 fully saturated rings. The Balaban J connectivity index is 1.82. The Morgan fingerprint density at radius 1 is 1.09 bits per heavy atom. The first-order valence-electron chi connectivity index (χ1n) is 7.13. The van der Waals surface area contributed by atoms with E-state index in [-0.39, 0.29) is 17.4 Å². The number of carbonyl (C=O) groups excluding carboxylic acids is 2. The molecule has 3 heterocycles. The molecule has 22 heavy (non-hydrogen) atoms. The molecular formula is C16H16N2O4. The molecule has 1 saturated heterocycles. The molecule has 1 aliphatic rings. The van der Waals surface area contributed by atoms with Crippen LogP contribution in [0.5, 0.6) is 0 Å². The first-order chi connectivity index (χ1) is 10.7. The van der Waals surface area contributed by atoms with Gasteiger partial charge in [0.25, 0.3) is 11.8 Å². The van der Waals surface area contributed by atoms with E-state index in [9.17, 15) is 9.59 Å². The molecular weight excluding hydrogens is 284 g/mol. The third-order valence-corrected chi connectivity index (χ3v) is 3.45. The van der Waals surface area contributed by atoms with Gasteiger partial charge in [0.2, 0.25) is 0 Å². The predicted octanol–water partition coefficient (Wildman–Crippen LogP) is 2.27. The fourth-order valence-corrected chi connectivity index (χ4v) is 2.35. The van der Waals surface area contributed by atoms with Gasteiger partial charge in [-0.2, -0.15) is 0 Å². The number of rotatable bonds is 4. The van der Waals surface area contributed by atoms with Crippen LogP contribution >= 0.6 is 0 Å². The number of nitrogens with zero attached hydrogens (tertiary/aromatic N) is 1. The van der Waals surface area contributed by atoms with Crippen LogP contribution in [0.2, 0.25) is 0 Å². The molecule has 114 valence electrons. The van der Waals surface area contributed by atoms with Crippen LogP contribution in [0.4, 0.5) is 0 Å². The Labute approximate surface area is 127 Å². The zero-order chi connectivity index (χ0) is 15.4. The van der Waals surface area contributed by atoms with Crippen LogP contribution in [0.15, 0.2) is 51.3 Å². The highest BCUT2D eigenvalue weighted by Gasteiger charge is 2.24.